The molecule has 0 saturated heterocycles. The molecule has 0 radical (unpaired) electrons. The highest BCUT2D eigenvalue weighted by molar-refractivity contribution is 4.81. The van der Waals surface area contributed by atoms with Crippen LogP contribution in [-0.4, -0.2) is 26.3 Å². The van der Waals surface area contributed by atoms with E-state index in [4.69, 9.17) is 4.74 Å². The summed E-state index contributed by atoms with van der Waals surface area (Å²) in [4.78, 5) is 0. The van der Waals surface area contributed by atoms with Gasteiger partial charge in [-0.05, 0) is 45.1 Å². The molecule has 0 aliphatic carbocycles. The SMILES string of the molecule is CCCCCCCC/C=C\CCCCCCCCOCCNCCCCCCCCCCCCCCCCCC. The van der Waals surface area contributed by atoms with Crippen LogP contribution in [0.15, 0.2) is 12.2 Å². The van der Waals surface area contributed by atoms with Crippen LogP contribution in [0, 0.1) is 0 Å². The normalized spacial score (nSPS) is 11.8. The predicted octanol–water partition coefficient (Wildman–Crippen LogP) is 12.9. The number of allylic oxidation sites excluding steroid dienone is 2. The van der Waals surface area contributed by atoms with Crippen molar-refractivity contribution in [1.29, 1.82) is 0 Å². The molecular formula is C38H77NO. The van der Waals surface area contributed by atoms with Crippen LogP contribution in [0.4, 0.5) is 0 Å². The third-order valence-corrected chi connectivity index (χ3v) is 8.43. The lowest BCUT2D eigenvalue weighted by atomic mass is 10.0. The van der Waals surface area contributed by atoms with E-state index in [0.29, 0.717) is 0 Å². The molecule has 0 heterocycles. The molecule has 0 aliphatic heterocycles. The molecule has 0 saturated carbocycles. The van der Waals surface area contributed by atoms with Gasteiger partial charge in [-0.25, -0.2) is 0 Å². The zero-order valence-corrected chi connectivity index (χ0v) is 28.1. The molecule has 240 valence electrons. The quantitative estimate of drug-likeness (QED) is 0.0604. The summed E-state index contributed by atoms with van der Waals surface area (Å²) in [7, 11) is 0. The predicted molar refractivity (Wildman–Crippen MR) is 183 cm³/mol. The minimum Gasteiger partial charge on any atom is -0.380 e. The average molecular weight is 564 g/mol. The van der Waals surface area contributed by atoms with E-state index in [-0.39, 0.29) is 0 Å². The van der Waals surface area contributed by atoms with Crippen LogP contribution >= 0.6 is 0 Å². The fourth-order valence-corrected chi connectivity index (χ4v) is 5.62. The van der Waals surface area contributed by atoms with Crippen LogP contribution in [-0.2, 0) is 4.74 Å². The standard InChI is InChI=1S/C38H77NO/c1-3-5-7-9-11-13-15-17-19-21-23-25-27-29-31-33-35-39-36-38-40-37-34-32-30-28-26-24-22-20-18-16-14-12-10-8-6-4-2/h18,20,39H,3-17,19,21-38H2,1-2H3/b20-18-. The van der Waals surface area contributed by atoms with Crippen molar-refractivity contribution in [2.45, 2.75) is 206 Å². The smallest absolute Gasteiger partial charge is 0.0590 e. The first-order chi connectivity index (χ1) is 19.9. The summed E-state index contributed by atoms with van der Waals surface area (Å²) in [6.45, 7) is 8.60. The summed E-state index contributed by atoms with van der Waals surface area (Å²) in [5, 5.41) is 3.56. The van der Waals surface area contributed by atoms with Gasteiger partial charge in [0.2, 0.25) is 0 Å². The van der Waals surface area contributed by atoms with Gasteiger partial charge in [0.25, 0.3) is 0 Å². The third kappa shape index (κ3) is 37.7. The van der Waals surface area contributed by atoms with Gasteiger partial charge in [-0.3, -0.25) is 0 Å². The summed E-state index contributed by atoms with van der Waals surface area (Å²) in [6, 6.07) is 0. The van der Waals surface area contributed by atoms with Gasteiger partial charge in [0, 0.05) is 13.2 Å². The Labute approximate surface area is 254 Å². The summed E-state index contributed by atoms with van der Waals surface area (Å²) >= 11 is 0. The Morgan fingerprint density at radius 1 is 0.350 bits per heavy atom. The Kier molecular flexibility index (Phi) is 38.3. The molecule has 0 aromatic carbocycles. The zero-order chi connectivity index (χ0) is 28.9. The summed E-state index contributed by atoms with van der Waals surface area (Å²) in [6.07, 6.45) is 47.0. The van der Waals surface area contributed by atoms with Gasteiger partial charge in [-0.2, -0.15) is 0 Å². The fourth-order valence-electron chi connectivity index (χ4n) is 5.62. The van der Waals surface area contributed by atoms with Crippen molar-refractivity contribution in [2.75, 3.05) is 26.3 Å². The van der Waals surface area contributed by atoms with E-state index in [2.05, 4.69) is 31.3 Å². The van der Waals surface area contributed by atoms with Crippen molar-refractivity contribution in [2.24, 2.45) is 0 Å². The van der Waals surface area contributed by atoms with Crippen LogP contribution < -0.4 is 5.32 Å². The van der Waals surface area contributed by atoms with Crippen LogP contribution in [0.1, 0.15) is 206 Å². The summed E-state index contributed by atoms with van der Waals surface area (Å²) < 4.78 is 5.81. The number of hydrogen-bond donors (Lipinski definition) is 1. The Morgan fingerprint density at radius 2 is 0.700 bits per heavy atom. The highest BCUT2D eigenvalue weighted by Gasteiger charge is 1.96. The second-order valence-electron chi connectivity index (χ2n) is 12.6. The van der Waals surface area contributed by atoms with E-state index in [1.165, 1.54) is 193 Å². The van der Waals surface area contributed by atoms with E-state index in [9.17, 15) is 0 Å². The van der Waals surface area contributed by atoms with Crippen LogP contribution in [0.3, 0.4) is 0 Å². The third-order valence-electron chi connectivity index (χ3n) is 8.43. The van der Waals surface area contributed by atoms with Gasteiger partial charge in [0.05, 0.1) is 6.61 Å². The molecule has 0 bridgehead atoms. The molecule has 2 heteroatoms. The van der Waals surface area contributed by atoms with Crippen molar-refractivity contribution in [3.05, 3.63) is 12.2 Å². The van der Waals surface area contributed by atoms with Gasteiger partial charge in [-0.15, -0.1) is 0 Å². The van der Waals surface area contributed by atoms with Crippen LogP contribution in [0.5, 0.6) is 0 Å². The maximum Gasteiger partial charge on any atom is 0.0590 e. The number of nitrogens with one attached hydrogen (secondary N) is 1. The highest BCUT2D eigenvalue weighted by atomic mass is 16.5. The van der Waals surface area contributed by atoms with Gasteiger partial charge in [-0.1, -0.05) is 180 Å². The molecule has 0 amide bonds. The van der Waals surface area contributed by atoms with E-state index >= 15 is 0 Å². The minimum absolute atomic E-state index is 0.879. The Balaban J connectivity index is 3.05. The van der Waals surface area contributed by atoms with Gasteiger partial charge in [0.1, 0.15) is 0 Å². The maximum atomic E-state index is 5.81. The average Bonchev–Trinajstić information content (AvgIpc) is 2.97. The summed E-state index contributed by atoms with van der Waals surface area (Å²) in [5.41, 5.74) is 0. The topological polar surface area (TPSA) is 21.3 Å². The second-order valence-corrected chi connectivity index (χ2v) is 12.6. The van der Waals surface area contributed by atoms with Crippen molar-refractivity contribution >= 4 is 0 Å². The zero-order valence-electron chi connectivity index (χ0n) is 28.1. The number of ether oxygens (including phenoxy) is 1. The fraction of sp³-hybridized carbons (Fsp3) is 0.947. The lowest BCUT2D eigenvalue weighted by Gasteiger charge is -2.07. The first-order valence-corrected chi connectivity index (χ1v) is 18.8. The van der Waals surface area contributed by atoms with E-state index in [0.717, 1.165) is 26.3 Å². The highest BCUT2D eigenvalue weighted by Crippen LogP contribution is 2.14. The van der Waals surface area contributed by atoms with Gasteiger partial charge in [0.15, 0.2) is 0 Å². The van der Waals surface area contributed by atoms with Crippen molar-refractivity contribution in [1.82, 2.24) is 5.32 Å². The molecule has 0 aromatic rings. The summed E-state index contributed by atoms with van der Waals surface area (Å²) in [5.74, 6) is 0. The van der Waals surface area contributed by atoms with Crippen molar-refractivity contribution in [3.63, 3.8) is 0 Å². The number of unbranched alkanes of at least 4 members (excludes halogenated alkanes) is 27. The monoisotopic (exact) mass is 564 g/mol. The van der Waals surface area contributed by atoms with Gasteiger partial charge < -0.3 is 10.1 Å². The Bertz CT molecular complexity index is 449. The first kappa shape index (κ1) is 39.7. The molecule has 0 spiro atoms. The molecule has 0 aromatic heterocycles. The molecule has 0 fully saturated rings. The van der Waals surface area contributed by atoms with Crippen molar-refractivity contribution in [3.8, 4) is 0 Å². The minimum atomic E-state index is 0.879. The van der Waals surface area contributed by atoms with Gasteiger partial charge >= 0.3 is 0 Å². The van der Waals surface area contributed by atoms with Crippen LogP contribution in [0.2, 0.25) is 0 Å². The number of hydrogen-bond acceptors (Lipinski definition) is 2. The molecule has 40 heavy (non-hydrogen) atoms. The molecule has 0 rings (SSSR count). The lowest BCUT2D eigenvalue weighted by Crippen LogP contribution is -2.21. The first-order valence-electron chi connectivity index (χ1n) is 18.8. The maximum absolute atomic E-state index is 5.81. The van der Waals surface area contributed by atoms with E-state index in [1.54, 1.807) is 0 Å². The van der Waals surface area contributed by atoms with Crippen molar-refractivity contribution < 1.29 is 4.74 Å². The Morgan fingerprint density at radius 3 is 1.12 bits per heavy atom. The van der Waals surface area contributed by atoms with Crippen LogP contribution in [0.25, 0.3) is 0 Å². The lowest BCUT2D eigenvalue weighted by molar-refractivity contribution is 0.131. The molecular weight excluding hydrogens is 486 g/mol. The second kappa shape index (κ2) is 38.7. The Hall–Kier alpha value is -0.340. The molecule has 2 nitrogen and oxygen atoms in total. The van der Waals surface area contributed by atoms with E-state index < -0.39 is 0 Å². The largest absolute Gasteiger partial charge is 0.380 e. The molecule has 1 N–H and O–H groups in total. The van der Waals surface area contributed by atoms with E-state index in [1.807, 2.05) is 0 Å². The number of rotatable bonds is 36. The molecule has 0 atom stereocenters. The molecule has 0 aliphatic rings. The molecule has 0 unspecified atom stereocenters.